The third-order valence-electron chi connectivity index (χ3n) is 6.32. The normalized spacial score (nSPS) is 13.4. The van der Waals surface area contributed by atoms with Crippen LogP contribution in [0, 0.1) is 0 Å². The Balaban J connectivity index is 1.71. The summed E-state index contributed by atoms with van der Waals surface area (Å²) in [6, 6.07) is 12.8. The third-order valence-corrected chi connectivity index (χ3v) is 6.32. The minimum Gasteiger partial charge on any atom is -0.478 e. The molecule has 2 heterocycles. The van der Waals surface area contributed by atoms with Gasteiger partial charge < -0.3 is 24.8 Å². The second-order valence-electron chi connectivity index (χ2n) is 10.6. The lowest BCUT2D eigenvalue weighted by atomic mass is 10.0. The number of amides is 1. The van der Waals surface area contributed by atoms with E-state index in [1.165, 1.54) is 23.6 Å². The predicted molar refractivity (Wildman–Crippen MR) is 150 cm³/mol. The minimum absolute atomic E-state index is 0.0177. The van der Waals surface area contributed by atoms with E-state index in [0.29, 0.717) is 11.3 Å². The molecule has 0 unspecified atom stereocenters. The number of nitrogens with zero attached hydrogens (tertiary/aromatic N) is 2. The monoisotopic (exact) mass is 547 g/mol. The van der Waals surface area contributed by atoms with E-state index in [0.717, 1.165) is 38.0 Å². The SMILES string of the molecule is CC(=O)Oc1ccc(N2CCCCC2)cc1C(=O)Nc1cc(-c2cccn2C(=O)OC(C)(C)C)ccc1C(=O)O. The lowest BCUT2D eigenvalue weighted by Crippen LogP contribution is -2.29. The van der Waals surface area contributed by atoms with Gasteiger partial charge in [-0.05, 0) is 82.5 Å². The molecule has 0 spiro atoms. The second-order valence-corrected chi connectivity index (χ2v) is 10.6. The standard InChI is InChI=1S/C30H33N3O7/c1-19(34)39-26-13-11-21(32-14-6-5-7-15-32)18-23(26)27(35)31-24-17-20(10-12-22(24)28(36)37)25-9-8-16-33(25)29(38)40-30(2,3)4/h8-13,16-18H,5-7,14-15H2,1-4H3,(H,31,35)(H,36,37). The fraction of sp³-hybridized carbons (Fsp3) is 0.333. The Labute approximate surface area is 232 Å². The van der Waals surface area contributed by atoms with E-state index in [2.05, 4.69) is 10.2 Å². The first kappa shape index (κ1) is 28.4. The lowest BCUT2D eigenvalue weighted by Gasteiger charge is -2.29. The molecule has 10 nitrogen and oxygen atoms in total. The van der Waals surface area contributed by atoms with E-state index in [-0.39, 0.29) is 22.6 Å². The van der Waals surface area contributed by atoms with Crippen molar-refractivity contribution in [1.82, 2.24) is 4.57 Å². The number of aromatic carboxylic acids is 1. The number of aromatic nitrogens is 1. The number of ether oxygens (including phenoxy) is 2. The van der Waals surface area contributed by atoms with Crippen molar-refractivity contribution in [3.63, 3.8) is 0 Å². The molecular formula is C30H33N3O7. The highest BCUT2D eigenvalue weighted by Crippen LogP contribution is 2.31. The molecule has 0 radical (unpaired) electrons. The number of hydrogen-bond donors (Lipinski definition) is 2. The average Bonchev–Trinajstić information content (AvgIpc) is 3.38. The van der Waals surface area contributed by atoms with E-state index >= 15 is 0 Å². The van der Waals surface area contributed by atoms with Crippen molar-refractivity contribution in [1.29, 1.82) is 0 Å². The van der Waals surface area contributed by atoms with E-state index in [1.807, 2.05) is 0 Å². The van der Waals surface area contributed by atoms with Crippen molar-refractivity contribution in [2.75, 3.05) is 23.3 Å². The molecule has 210 valence electrons. The zero-order chi connectivity index (χ0) is 29.0. The van der Waals surface area contributed by atoms with E-state index in [1.54, 1.807) is 63.4 Å². The van der Waals surface area contributed by atoms with Crippen LogP contribution in [0.2, 0.25) is 0 Å². The summed E-state index contributed by atoms with van der Waals surface area (Å²) in [5.74, 6) is -2.41. The number of nitrogens with one attached hydrogen (secondary N) is 1. The van der Waals surface area contributed by atoms with Crippen molar-refractivity contribution in [3.8, 4) is 17.0 Å². The Bertz CT molecular complexity index is 1450. The van der Waals surface area contributed by atoms with Gasteiger partial charge in [0.15, 0.2) is 0 Å². The summed E-state index contributed by atoms with van der Waals surface area (Å²) in [6.07, 6.45) is 4.16. The summed E-state index contributed by atoms with van der Waals surface area (Å²) in [5.41, 5.74) is 0.999. The van der Waals surface area contributed by atoms with Crippen LogP contribution < -0.4 is 15.0 Å². The summed E-state index contributed by atoms with van der Waals surface area (Å²) in [4.78, 5) is 52.3. The minimum atomic E-state index is -1.24. The number of rotatable bonds is 6. The first-order valence-electron chi connectivity index (χ1n) is 13.1. The number of carboxylic acids is 1. The molecule has 3 aromatic rings. The Kier molecular flexibility index (Phi) is 8.27. The summed E-state index contributed by atoms with van der Waals surface area (Å²) in [6.45, 7) is 8.20. The summed E-state index contributed by atoms with van der Waals surface area (Å²) >= 11 is 0. The molecule has 4 rings (SSSR count). The average molecular weight is 548 g/mol. The quantitative estimate of drug-likeness (QED) is 0.293. The predicted octanol–water partition coefficient (Wildman–Crippen LogP) is 5.80. The highest BCUT2D eigenvalue weighted by Gasteiger charge is 2.23. The fourth-order valence-corrected chi connectivity index (χ4v) is 4.56. The topological polar surface area (TPSA) is 127 Å². The fourth-order valence-electron chi connectivity index (χ4n) is 4.56. The Morgan fingerprint density at radius 3 is 2.30 bits per heavy atom. The molecule has 1 aliphatic rings. The van der Waals surface area contributed by atoms with Gasteiger partial charge in [0.1, 0.15) is 11.4 Å². The van der Waals surface area contributed by atoms with Crippen LogP contribution in [0.25, 0.3) is 11.3 Å². The Morgan fingerprint density at radius 2 is 1.65 bits per heavy atom. The Morgan fingerprint density at radius 1 is 0.925 bits per heavy atom. The molecule has 0 bridgehead atoms. The Hall–Kier alpha value is -4.60. The second kappa shape index (κ2) is 11.6. The lowest BCUT2D eigenvalue weighted by molar-refractivity contribution is -0.131. The number of anilines is 2. The molecule has 1 amide bonds. The number of hydrogen-bond acceptors (Lipinski definition) is 7. The largest absolute Gasteiger partial charge is 0.478 e. The van der Waals surface area contributed by atoms with Crippen molar-refractivity contribution >= 4 is 35.3 Å². The van der Waals surface area contributed by atoms with Crippen LogP contribution in [0.15, 0.2) is 54.7 Å². The summed E-state index contributed by atoms with van der Waals surface area (Å²) in [7, 11) is 0. The molecule has 40 heavy (non-hydrogen) atoms. The van der Waals surface area contributed by atoms with Crippen LogP contribution in [0.5, 0.6) is 5.75 Å². The van der Waals surface area contributed by atoms with Crippen LogP contribution in [-0.2, 0) is 9.53 Å². The number of carboxylic acid groups (broad SMARTS) is 1. The van der Waals surface area contributed by atoms with Crippen LogP contribution in [0.3, 0.4) is 0 Å². The van der Waals surface area contributed by atoms with Crippen LogP contribution in [-0.4, -0.2) is 52.3 Å². The van der Waals surface area contributed by atoms with Crippen molar-refractivity contribution in [2.24, 2.45) is 0 Å². The van der Waals surface area contributed by atoms with Gasteiger partial charge in [-0.15, -0.1) is 0 Å². The molecular weight excluding hydrogens is 514 g/mol. The maximum atomic E-state index is 13.6. The molecule has 2 N–H and O–H groups in total. The molecule has 2 aromatic carbocycles. The third kappa shape index (κ3) is 6.69. The number of piperidine rings is 1. The number of carbonyl (C=O) groups excluding carboxylic acids is 3. The highest BCUT2D eigenvalue weighted by molar-refractivity contribution is 6.10. The van der Waals surface area contributed by atoms with Gasteiger partial charge in [0.2, 0.25) is 0 Å². The molecule has 0 saturated carbocycles. The number of carbonyl (C=O) groups is 4. The first-order chi connectivity index (χ1) is 18.9. The van der Waals surface area contributed by atoms with Crippen molar-refractivity contribution in [3.05, 3.63) is 65.9 Å². The molecule has 1 fully saturated rings. The zero-order valence-electron chi connectivity index (χ0n) is 23.0. The molecule has 10 heteroatoms. The van der Waals surface area contributed by atoms with E-state index < -0.39 is 29.5 Å². The van der Waals surface area contributed by atoms with Gasteiger partial charge in [0.25, 0.3) is 5.91 Å². The molecule has 0 aliphatic carbocycles. The van der Waals surface area contributed by atoms with Crippen molar-refractivity contribution < 1.29 is 33.8 Å². The number of benzene rings is 2. The molecule has 1 saturated heterocycles. The summed E-state index contributed by atoms with van der Waals surface area (Å²) < 4.78 is 12.1. The summed E-state index contributed by atoms with van der Waals surface area (Å²) in [5, 5.41) is 12.5. The molecule has 0 atom stereocenters. The van der Waals surface area contributed by atoms with Gasteiger partial charge in [-0.1, -0.05) is 6.07 Å². The van der Waals surface area contributed by atoms with Gasteiger partial charge in [-0.25, -0.2) is 9.59 Å². The van der Waals surface area contributed by atoms with Crippen LogP contribution in [0.4, 0.5) is 16.2 Å². The van der Waals surface area contributed by atoms with Gasteiger partial charge in [-0.3, -0.25) is 14.2 Å². The van der Waals surface area contributed by atoms with Crippen LogP contribution >= 0.6 is 0 Å². The van der Waals surface area contributed by atoms with Gasteiger partial charge >= 0.3 is 18.0 Å². The van der Waals surface area contributed by atoms with Gasteiger partial charge in [0, 0.05) is 37.5 Å². The number of esters is 1. The smallest absolute Gasteiger partial charge is 0.418 e. The van der Waals surface area contributed by atoms with E-state index in [4.69, 9.17) is 9.47 Å². The molecule has 1 aliphatic heterocycles. The van der Waals surface area contributed by atoms with E-state index in [9.17, 15) is 24.3 Å². The first-order valence-corrected chi connectivity index (χ1v) is 13.1. The maximum Gasteiger partial charge on any atom is 0.418 e. The van der Waals surface area contributed by atoms with Gasteiger partial charge in [0.05, 0.1) is 22.5 Å². The highest BCUT2D eigenvalue weighted by atomic mass is 16.6. The molecule has 1 aromatic heterocycles. The van der Waals surface area contributed by atoms with Crippen molar-refractivity contribution in [2.45, 2.75) is 52.6 Å². The maximum absolute atomic E-state index is 13.6. The zero-order valence-corrected chi connectivity index (χ0v) is 23.0. The van der Waals surface area contributed by atoms with Crippen LogP contribution in [0.1, 0.15) is 67.7 Å². The van der Waals surface area contributed by atoms with Gasteiger partial charge in [-0.2, -0.15) is 0 Å².